The smallest absolute Gasteiger partial charge is 0.324 e. The van der Waals surface area contributed by atoms with Crippen LogP contribution in [0.15, 0.2) is 55.1 Å². The molecule has 0 bridgehead atoms. The number of piperazine rings is 1. The minimum absolute atomic E-state index is 0.138. The molecular weight excluding hydrogens is 526 g/mol. The first kappa shape index (κ1) is 26.6. The zero-order chi connectivity index (χ0) is 28.8. The maximum atomic E-state index is 12.6. The number of carbonyl (C=O) groups is 1. The lowest BCUT2D eigenvalue weighted by Gasteiger charge is -2.41. The number of ether oxygens (including phenoxy) is 1. The summed E-state index contributed by atoms with van der Waals surface area (Å²) in [4.78, 5) is 31.4. The summed E-state index contributed by atoms with van der Waals surface area (Å²) in [7, 11) is 2.11. The van der Waals surface area contributed by atoms with Gasteiger partial charge in [0.05, 0.1) is 24.2 Å². The van der Waals surface area contributed by atoms with Gasteiger partial charge in [-0.15, -0.1) is 0 Å². The van der Waals surface area contributed by atoms with Gasteiger partial charge in [0.2, 0.25) is 5.91 Å². The number of aryl methyl sites for hydroxylation is 1. The Morgan fingerprint density at radius 2 is 1.93 bits per heavy atom. The minimum atomic E-state index is -0.239. The molecule has 0 spiro atoms. The second-order valence-electron chi connectivity index (χ2n) is 11.8. The van der Waals surface area contributed by atoms with Gasteiger partial charge in [-0.2, -0.15) is 15.2 Å². The van der Waals surface area contributed by atoms with Crippen molar-refractivity contribution in [1.82, 2.24) is 24.7 Å². The minimum Gasteiger partial charge on any atom is -0.424 e. The summed E-state index contributed by atoms with van der Waals surface area (Å²) in [5.41, 5.74) is 7.39. The molecule has 7 rings (SSSR count). The summed E-state index contributed by atoms with van der Waals surface area (Å²) in [6.45, 7) is 8.51. The van der Waals surface area contributed by atoms with E-state index < -0.39 is 0 Å². The third kappa shape index (κ3) is 4.71. The van der Waals surface area contributed by atoms with E-state index in [0.717, 1.165) is 61.8 Å². The molecule has 1 aromatic heterocycles. The number of anilines is 1. The average molecular weight is 562 g/mol. The summed E-state index contributed by atoms with van der Waals surface area (Å²) >= 11 is 0. The van der Waals surface area contributed by atoms with Crippen LogP contribution in [0.3, 0.4) is 0 Å². The lowest BCUT2D eigenvalue weighted by atomic mass is 10.1. The molecule has 214 valence electrons. The third-order valence-electron chi connectivity index (χ3n) is 9.17. The van der Waals surface area contributed by atoms with E-state index in [1.54, 1.807) is 4.90 Å². The second-order valence-corrected chi connectivity index (χ2v) is 11.8. The SMILES string of the molecule is C=CC(=O)N1CCN(c2nc(Oc3cccc4c3CN(C)C4)nc3c2CN(C2CCc4ccccc42)C3)C[C@@H]1CC#N. The number of hydrogen-bond donors (Lipinski definition) is 0. The molecule has 9 nitrogen and oxygen atoms in total. The van der Waals surface area contributed by atoms with Crippen LogP contribution in [-0.4, -0.2) is 63.3 Å². The first-order chi connectivity index (χ1) is 20.5. The van der Waals surface area contributed by atoms with Gasteiger partial charge in [0.15, 0.2) is 0 Å². The van der Waals surface area contributed by atoms with E-state index in [1.165, 1.54) is 28.3 Å². The van der Waals surface area contributed by atoms with Crippen molar-refractivity contribution >= 4 is 11.7 Å². The Labute approximate surface area is 246 Å². The number of carbonyl (C=O) groups excluding carboxylic acids is 1. The fourth-order valence-corrected chi connectivity index (χ4v) is 7.17. The van der Waals surface area contributed by atoms with Crippen molar-refractivity contribution in [3.05, 3.63) is 88.6 Å². The number of rotatable bonds is 6. The molecular formula is C33H35N7O2. The van der Waals surface area contributed by atoms with Crippen molar-refractivity contribution < 1.29 is 9.53 Å². The molecule has 0 saturated carbocycles. The average Bonchev–Trinajstić information content (AvgIpc) is 3.72. The van der Waals surface area contributed by atoms with Gasteiger partial charge in [-0.25, -0.2) is 0 Å². The molecule has 0 N–H and O–H groups in total. The molecule has 2 aromatic carbocycles. The number of benzene rings is 2. The lowest BCUT2D eigenvalue weighted by Crippen LogP contribution is -2.55. The van der Waals surface area contributed by atoms with E-state index in [1.807, 2.05) is 12.1 Å². The summed E-state index contributed by atoms with van der Waals surface area (Å²) in [5.74, 6) is 1.51. The molecule has 42 heavy (non-hydrogen) atoms. The van der Waals surface area contributed by atoms with Gasteiger partial charge in [-0.1, -0.05) is 43.0 Å². The van der Waals surface area contributed by atoms with Gasteiger partial charge >= 0.3 is 6.01 Å². The topological polar surface area (TPSA) is 88.8 Å². The van der Waals surface area contributed by atoms with Crippen molar-refractivity contribution in [2.75, 3.05) is 31.6 Å². The van der Waals surface area contributed by atoms with E-state index in [4.69, 9.17) is 14.7 Å². The lowest BCUT2D eigenvalue weighted by molar-refractivity contribution is -0.128. The maximum Gasteiger partial charge on any atom is 0.324 e. The molecule has 9 heteroatoms. The highest BCUT2D eigenvalue weighted by atomic mass is 16.5. The van der Waals surface area contributed by atoms with Crippen molar-refractivity contribution in [1.29, 1.82) is 5.26 Å². The molecule has 1 amide bonds. The number of amides is 1. The number of hydrogen-bond acceptors (Lipinski definition) is 8. The van der Waals surface area contributed by atoms with E-state index in [0.29, 0.717) is 31.7 Å². The third-order valence-corrected chi connectivity index (χ3v) is 9.17. The van der Waals surface area contributed by atoms with Gasteiger partial charge in [-0.05, 0) is 48.7 Å². The van der Waals surface area contributed by atoms with Crippen LogP contribution in [0.1, 0.15) is 52.4 Å². The molecule has 3 aliphatic heterocycles. The standard InChI is InChI=1S/C33H35N7O2/c1-3-31(41)40-16-15-38(18-24(40)13-14-34)32-27-20-39(29-12-11-22-7-4-5-9-25(22)29)21-28(27)35-33(36-32)42-30-10-6-8-23-17-37(2)19-26(23)30/h3-10,24,29H,1,11-13,15-21H2,2H3/t24-,29?/m0/s1. The first-order valence-electron chi connectivity index (χ1n) is 14.8. The summed E-state index contributed by atoms with van der Waals surface area (Å²) < 4.78 is 6.47. The number of aromatic nitrogens is 2. The molecule has 1 aliphatic carbocycles. The van der Waals surface area contributed by atoms with Crippen LogP contribution in [0, 0.1) is 11.3 Å². The zero-order valence-electron chi connectivity index (χ0n) is 24.0. The van der Waals surface area contributed by atoms with Gasteiger partial charge in [0.1, 0.15) is 11.6 Å². The fraction of sp³-hybridized carbons (Fsp3) is 0.394. The van der Waals surface area contributed by atoms with Crippen LogP contribution >= 0.6 is 0 Å². The monoisotopic (exact) mass is 561 g/mol. The van der Waals surface area contributed by atoms with E-state index in [-0.39, 0.29) is 18.4 Å². The zero-order valence-corrected chi connectivity index (χ0v) is 24.0. The highest BCUT2D eigenvalue weighted by Gasteiger charge is 2.37. The summed E-state index contributed by atoms with van der Waals surface area (Å²) in [5, 5.41) is 9.55. The highest BCUT2D eigenvalue weighted by Crippen LogP contribution is 2.42. The molecule has 3 aromatic rings. The Morgan fingerprint density at radius 3 is 2.79 bits per heavy atom. The largest absolute Gasteiger partial charge is 0.424 e. The number of nitriles is 1. The molecule has 0 radical (unpaired) electrons. The molecule has 2 atom stereocenters. The quantitative estimate of drug-likeness (QED) is 0.411. The van der Waals surface area contributed by atoms with Gasteiger partial charge in [-0.3, -0.25) is 14.6 Å². The Morgan fingerprint density at radius 1 is 1.07 bits per heavy atom. The predicted molar refractivity (Wildman–Crippen MR) is 159 cm³/mol. The predicted octanol–water partition coefficient (Wildman–Crippen LogP) is 4.33. The molecule has 1 saturated heterocycles. The van der Waals surface area contributed by atoms with Crippen LogP contribution in [0.25, 0.3) is 0 Å². The van der Waals surface area contributed by atoms with Gasteiger partial charge in [0, 0.05) is 63.0 Å². The normalized spacial score (nSPS) is 21.5. The molecule has 4 heterocycles. The molecule has 1 unspecified atom stereocenters. The maximum absolute atomic E-state index is 12.6. The summed E-state index contributed by atoms with van der Waals surface area (Å²) in [6.07, 6.45) is 3.77. The van der Waals surface area contributed by atoms with E-state index in [9.17, 15) is 10.1 Å². The molecule has 4 aliphatic rings. The van der Waals surface area contributed by atoms with Crippen molar-refractivity contribution in [2.45, 2.75) is 57.5 Å². The summed E-state index contributed by atoms with van der Waals surface area (Å²) in [6, 6.07) is 17.7. The van der Waals surface area contributed by atoms with Crippen LogP contribution < -0.4 is 9.64 Å². The fourth-order valence-electron chi connectivity index (χ4n) is 7.17. The first-order valence-corrected chi connectivity index (χ1v) is 14.8. The highest BCUT2D eigenvalue weighted by molar-refractivity contribution is 5.87. The van der Waals surface area contributed by atoms with Crippen LogP contribution in [0.5, 0.6) is 11.8 Å². The second kappa shape index (κ2) is 10.9. The van der Waals surface area contributed by atoms with Crippen LogP contribution in [-0.2, 0) is 37.4 Å². The van der Waals surface area contributed by atoms with Crippen LogP contribution in [0.4, 0.5) is 5.82 Å². The van der Waals surface area contributed by atoms with Crippen molar-refractivity contribution in [3.63, 3.8) is 0 Å². The van der Waals surface area contributed by atoms with Crippen molar-refractivity contribution in [3.8, 4) is 17.8 Å². The Hall–Kier alpha value is -4.26. The Bertz CT molecular complexity index is 1600. The van der Waals surface area contributed by atoms with E-state index in [2.05, 4.69) is 64.7 Å². The number of fused-ring (bicyclic) bond motifs is 3. The van der Waals surface area contributed by atoms with Crippen LogP contribution in [0.2, 0.25) is 0 Å². The number of nitrogens with zero attached hydrogens (tertiary/aromatic N) is 7. The van der Waals surface area contributed by atoms with Gasteiger partial charge in [0.25, 0.3) is 0 Å². The van der Waals surface area contributed by atoms with Crippen molar-refractivity contribution in [2.24, 2.45) is 0 Å². The molecule has 1 fully saturated rings. The van der Waals surface area contributed by atoms with Gasteiger partial charge < -0.3 is 14.5 Å². The Balaban J connectivity index is 1.24. The Kier molecular flexibility index (Phi) is 6.88. The van der Waals surface area contributed by atoms with E-state index >= 15 is 0 Å².